The Labute approximate surface area is 149 Å². The molecule has 0 fully saturated rings. The standard InChI is InChI=1S/C19H29FN2O3/c1-7-19(8-2,12-21-17(24)25-18(4,5)6)22-16(23)14-10-9-13(3)15(20)11-14/h9-11H,7-8,12H2,1-6H3,(H,21,24)(H,22,23). The third-order valence-electron chi connectivity index (χ3n) is 4.14. The van der Waals surface area contributed by atoms with Crippen LogP contribution in [0.2, 0.25) is 0 Å². The van der Waals surface area contributed by atoms with Crippen LogP contribution < -0.4 is 10.6 Å². The Hall–Kier alpha value is -2.11. The molecule has 0 bridgehead atoms. The number of hydrogen-bond donors (Lipinski definition) is 2. The first kappa shape index (κ1) is 20.9. The maximum absolute atomic E-state index is 13.7. The number of halogens is 1. The van der Waals surface area contributed by atoms with Gasteiger partial charge in [-0.25, -0.2) is 9.18 Å². The van der Waals surface area contributed by atoms with Gasteiger partial charge in [0.05, 0.1) is 5.54 Å². The van der Waals surface area contributed by atoms with Gasteiger partial charge in [0.1, 0.15) is 11.4 Å². The molecule has 1 aromatic carbocycles. The SMILES string of the molecule is CCC(CC)(CNC(=O)OC(C)(C)C)NC(=O)c1ccc(C)c(F)c1. The van der Waals surface area contributed by atoms with Crippen LogP contribution >= 0.6 is 0 Å². The number of benzene rings is 1. The lowest BCUT2D eigenvalue weighted by atomic mass is 9.92. The summed E-state index contributed by atoms with van der Waals surface area (Å²) < 4.78 is 18.9. The van der Waals surface area contributed by atoms with Crippen LogP contribution in [0.25, 0.3) is 0 Å². The van der Waals surface area contributed by atoms with Gasteiger partial charge < -0.3 is 15.4 Å². The van der Waals surface area contributed by atoms with Crippen LogP contribution in [0.3, 0.4) is 0 Å². The van der Waals surface area contributed by atoms with E-state index in [4.69, 9.17) is 4.74 Å². The van der Waals surface area contributed by atoms with E-state index in [-0.39, 0.29) is 18.0 Å². The van der Waals surface area contributed by atoms with Crippen molar-refractivity contribution < 1.29 is 18.7 Å². The predicted octanol–water partition coefficient (Wildman–Crippen LogP) is 3.95. The van der Waals surface area contributed by atoms with Gasteiger partial charge >= 0.3 is 6.09 Å². The maximum atomic E-state index is 13.7. The number of alkyl carbamates (subject to hydrolysis) is 1. The van der Waals surface area contributed by atoms with Crippen LogP contribution in [0.15, 0.2) is 18.2 Å². The summed E-state index contributed by atoms with van der Waals surface area (Å²) >= 11 is 0. The quantitative estimate of drug-likeness (QED) is 0.815. The highest BCUT2D eigenvalue weighted by Crippen LogP contribution is 2.17. The van der Waals surface area contributed by atoms with E-state index in [1.807, 2.05) is 13.8 Å². The maximum Gasteiger partial charge on any atom is 0.407 e. The minimum atomic E-state index is -0.630. The van der Waals surface area contributed by atoms with Crippen molar-refractivity contribution in [3.8, 4) is 0 Å². The Morgan fingerprint density at radius 1 is 1.16 bits per heavy atom. The van der Waals surface area contributed by atoms with E-state index in [1.165, 1.54) is 6.07 Å². The van der Waals surface area contributed by atoms with E-state index in [1.54, 1.807) is 39.8 Å². The second-order valence-corrected chi connectivity index (χ2v) is 7.26. The van der Waals surface area contributed by atoms with Gasteiger partial charge in [-0.2, -0.15) is 0 Å². The van der Waals surface area contributed by atoms with Crippen molar-refractivity contribution in [2.24, 2.45) is 0 Å². The lowest BCUT2D eigenvalue weighted by Gasteiger charge is -2.33. The zero-order valence-corrected chi connectivity index (χ0v) is 16.0. The molecule has 0 unspecified atom stereocenters. The first-order chi connectivity index (χ1) is 11.5. The van der Waals surface area contributed by atoms with Crippen molar-refractivity contribution >= 4 is 12.0 Å². The monoisotopic (exact) mass is 352 g/mol. The molecule has 0 aliphatic rings. The van der Waals surface area contributed by atoms with Crippen LogP contribution in [0.4, 0.5) is 9.18 Å². The van der Waals surface area contributed by atoms with Crippen LogP contribution in [-0.2, 0) is 4.74 Å². The van der Waals surface area contributed by atoms with Gasteiger partial charge in [0.25, 0.3) is 5.91 Å². The van der Waals surface area contributed by atoms with Crippen LogP contribution in [0.1, 0.15) is 63.4 Å². The first-order valence-electron chi connectivity index (χ1n) is 8.57. The Bertz CT molecular complexity index is 620. The van der Waals surface area contributed by atoms with Gasteiger partial charge in [-0.1, -0.05) is 19.9 Å². The normalized spacial score (nSPS) is 11.8. The van der Waals surface area contributed by atoms with Crippen molar-refractivity contribution in [1.82, 2.24) is 10.6 Å². The van der Waals surface area contributed by atoms with Crippen molar-refractivity contribution in [1.29, 1.82) is 0 Å². The van der Waals surface area contributed by atoms with Gasteiger partial charge in [0, 0.05) is 12.1 Å². The molecule has 0 spiro atoms. The highest BCUT2D eigenvalue weighted by atomic mass is 19.1. The third-order valence-corrected chi connectivity index (χ3v) is 4.14. The van der Waals surface area contributed by atoms with Crippen LogP contribution in [0, 0.1) is 12.7 Å². The van der Waals surface area contributed by atoms with Crippen molar-refractivity contribution in [2.75, 3.05) is 6.54 Å². The molecule has 0 aromatic heterocycles. The topological polar surface area (TPSA) is 67.4 Å². The fourth-order valence-electron chi connectivity index (χ4n) is 2.32. The number of rotatable bonds is 6. The number of aryl methyl sites for hydroxylation is 1. The zero-order valence-electron chi connectivity index (χ0n) is 16.0. The van der Waals surface area contributed by atoms with Crippen molar-refractivity contribution in [2.45, 2.75) is 65.5 Å². The minimum Gasteiger partial charge on any atom is -0.444 e. The number of ether oxygens (including phenoxy) is 1. The molecule has 0 aliphatic carbocycles. The summed E-state index contributed by atoms with van der Waals surface area (Å²) in [7, 11) is 0. The molecule has 2 N–H and O–H groups in total. The molecular weight excluding hydrogens is 323 g/mol. The molecule has 2 amide bonds. The average Bonchev–Trinajstić information content (AvgIpc) is 2.52. The van der Waals surface area contributed by atoms with Crippen LogP contribution in [0.5, 0.6) is 0 Å². The zero-order chi connectivity index (χ0) is 19.3. The lowest BCUT2D eigenvalue weighted by molar-refractivity contribution is 0.0502. The smallest absolute Gasteiger partial charge is 0.407 e. The van der Waals surface area contributed by atoms with E-state index in [0.717, 1.165) is 0 Å². The van der Waals surface area contributed by atoms with Gasteiger partial charge in [0.2, 0.25) is 0 Å². The molecule has 6 heteroatoms. The molecule has 140 valence electrons. The van der Waals surface area contributed by atoms with Gasteiger partial charge in [0.15, 0.2) is 0 Å². The van der Waals surface area contributed by atoms with E-state index >= 15 is 0 Å². The van der Waals surface area contributed by atoms with E-state index < -0.39 is 23.1 Å². The van der Waals surface area contributed by atoms with E-state index in [2.05, 4.69) is 10.6 Å². The van der Waals surface area contributed by atoms with Crippen LogP contribution in [-0.4, -0.2) is 29.7 Å². The van der Waals surface area contributed by atoms with Gasteiger partial charge in [-0.05, 0) is 58.2 Å². The molecule has 0 heterocycles. The molecule has 1 aromatic rings. The fraction of sp³-hybridized carbons (Fsp3) is 0.579. The summed E-state index contributed by atoms with van der Waals surface area (Å²) in [4.78, 5) is 24.4. The Morgan fingerprint density at radius 3 is 2.24 bits per heavy atom. The number of carbonyl (C=O) groups is 2. The third kappa shape index (κ3) is 6.36. The predicted molar refractivity (Wildman–Crippen MR) is 96.2 cm³/mol. The molecule has 0 aliphatic heterocycles. The molecule has 0 saturated carbocycles. The summed E-state index contributed by atoms with van der Waals surface area (Å²) in [6, 6.07) is 4.38. The lowest BCUT2D eigenvalue weighted by Crippen LogP contribution is -2.55. The second kappa shape index (κ2) is 8.32. The summed E-state index contributed by atoms with van der Waals surface area (Å²) in [6.45, 7) is 11.1. The van der Waals surface area contributed by atoms with Crippen molar-refractivity contribution in [3.05, 3.63) is 35.1 Å². The first-order valence-corrected chi connectivity index (χ1v) is 8.57. The Morgan fingerprint density at radius 2 is 1.76 bits per heavy atom. The molecule has 1 rings (SSSR count). The average molecular weight is 352 g/mol. The molecule has 25 heavy (non-hydrogen) atoms. The molecular formula is C19H29FN2O3. The Kier molecular flexibility index (Phi) is 6.96. The van der Waals surface area contributed by atoms with Gasteiger partial charge in [-0.3, -0.25) is 4.79 Å². The Balaban J connectivity index is 2.81. The minimum absolute atomic E-state index is 0.231. The number of hydrogen-bond acceptors (Lipinski definition) is 3. The van der Waals surface area contributed by atoms with E-state index in [9.17, 15) is 14.0 Å². The molecule has 0 saturated heterocycles. The fourth-order valence-corrected chi connectivity index (χ4v) is 2.32. The van der Waals surface area contributed by atoms with E-state index in [0.29, 0.717) is 18.4 Å². The van der Waals surface area contributed by atoms with Gasteiger partial charge in [-0.15, -0.1) is 0 Å². The highest BCUT2D eigenvalue weighted by Gasteiger charge is 2.30. The largest absolute Gasteiger partial charge is 0.444 e. The number of amides is 2. The number of nitrogens with one attached hydrogen (secondary N) is 2. The molecule has 0 radical (unpaired) electrons. The summed E-state index contributed by atoms with van der Waals surface area (Å²) in [5.74, 6) is -0.785. The summed E-state index contributed by atoms with van der Waals surface area (Å²) in [5, 5.41) is 5.64. The summed E-state index contributed by atoms with van der Waals surface area (Å²) in [5.41, 5.74) is -0.476. The molecule has 0 atom stereocenters. The summed E-state index contributed by atoms with van der Waals surface area (Å²) in [6.07, 6.45) is 0.688. The van der Waals surface area contributed by atoms with Crippen molar-refractivity contribution in [3.63, 3.8) is 0 Å². The number of carbonyl (C=O) groups excluding carboxylic acids is 2. The molecule has 5 nitrogen and oxygen atoms in total. The highest BCUT2D eigenvalue weighted by molar-refractivity contribution is 5.94. The second-order valence-electron chi connectivity index (χ2n) is 7.26.